The van der Waals surface area contributed by atoms with E-state index in [2.05, 4.69) is 39.7 Å². The maximum absolute atomic E-state index is 13.0. The van der Waals surface area contributed by atoms with E-state index in [1.807, 2.05) is 105 Å². The van der Waals surface area contributed by atoms with Gasteiger partial charge in [-0.3, -0.25) is 19.7 Å². The van der Waals surface area contributed by atoms with Crippen molar-refractivity contribution in [3.05, 3.63) is 125 Å². The number of H-pyrrole nitrogens is 1. The number of nitrogens with zero attached hydrogens (tertiary/aromatic N) is 2. The minimum atomic E-state index is -0.505. The number of aromatic nitrogens is 1. The molecule has 67 heavy (non-hydrogen) atoms. The van der Waals surface area contributed by atoms with Gasteiger partial charge in [-0.25, -0.2) is 4.79 Å². The van der Waals surface area contributed by atoms with Crippen molar-refractivity contribution >= 4 is 59.7 Å². The number of benzene rings is 4. The number of hydrogen-bond acceptors (Lipinski definition) is 10. The quantitative estimate of drug-likeness (QED) is 0.0244. The number of nitrogens with one attached hydrogen (secondary N) is 4. The van der Waals surface area contributed by atoms with Gasteiger partial charge in [0.05, 0.1) is 11.2 Å². The number of para-hydroxylation sites is 1. The van der Waals surface area contributed by atoms with Crippen LogP contribution in [0.2, 0.25) is 13.1 Å². The van der Waals surface area contributed by atoms with E-state index >= 15 is 0 Å². The van der Waals surface area contributed by atoms with Gasteiger partial charge in [-0.2, -0.15) is 0 Å². The Morgan fingerprint density at radius 1 is 0.866 bits per heavy atom. The van der Waals surface area contributed by atoms with Gasteiger partial charge in [0.1, 0.15) is 18.1 Å². The van der Waals surface area contributed by atoms with Crippen LogP contribution in [0.25, 0.3) is 22.0 Å². The number of phenols is 1. The van der Waals surface area contributed by atoms with Crippen molar-refractivity contribution in [2.45, 2.75) is 90.3 Å². The average molecular weight is 945 g/mol. The molecule has 3 amide bonds. The summed E-state index contributed by atoms with van der Waals surface area (Å²) >= 11 is 0. The molecule has 1 atom stereocenters. The summed E-state index contributed by atoms with van der Waals surface area (Å²) < 4.78 is 18.1. The fourth-order valence-electron chi connectivity index (χ4n) is 8.54. The zero-order chi connectivity index (χ0) is 47.8. The highest BCUT2D eigenvalue weighted by molar-refractivity contribution is 6.26. The number of pyridine rings is 1. The molecule has 0 saturated carbocycles. The third kappa shape index (κ3) is 14.4. The van der Waals surface area contributed by atoms with Crippen molar-refractivity contribution < 1.29 is 33.1 Å². The number of hydrogen-bond donors (Lipinski definition) is 5. The molecule has 0 spiro atoms. The molecule has 1 aromatic heterocycles. The Morgan fingerprint density at radius 2 is 1.57 bits per heavy atom. The molecule has 4 aromatic carbocycles. The molecule has 4 radical (unpaired) electrons. The van der Waals surface area contributed by atoms with Crippen molar-refractivity contribution in [3.63, 3.8) is 0 Å². The van der Waals surface area contributed by atoms with Gasteiger partial charge in [0, 0.05) is 93.2 Å². The molecule has 1 saturated heterocycles. The zero-order valence-corrected chi connectivity index (χ0v) is 41.2. The Balaban J connectivity index is 0.881. The first-order chi connectivity index (χ1) is 32.4. The lowest BCUT2D eigenvalue weighted by atomic mass is 9.73. The number of aromatic amines is 1. The first-order valence-electron chi connectivity index (χ1n) is 23.0. The predicted octanol–water partition coefficient (Wildman–Crippen LogP) is 8.16. The smallest absolute Gasteiger partial charge is 0.411 e. The summed E-state index contributed by atoms with van der Waals surface area (Å²) in [7, 11) is 2.28. The van der Waals surface area contributed by atoms with E-state index in [1.165, 1.54) is 6.07 Å². The number of anilines is 2. The lowest BCUT2D eigenvalue weighted by Crippen LogP contribution is -2.43. The van der Waals surface area contributed by atoms with Gasteiger partial charge >= 0.3 is 6.09 Å². The molecule has 1 aliphatic rings. The van der Waals surface area contributed by atoms with E-state index < -0.39 is 17.8 Å². The van der Waals surface area contributed by atoms with Crippen LogP contribution in [0.15, 0.2) is 108 Å². The number of carbonyl (C=O) groups is 3. The normalized spacial score (nSPS) is 13.9. The van der Waals surface area contributed by atoms with Crippen molar-refractivity contribution in [1.29, 1.82) is 0 Å². The predicted molar refractivity (Wildman–Crippen MR) is 266 cm³/mol. The molecular weight excluding hydrogens is 881 g/mol. The van der Waals surface area contributed by atoms with E-state index in [0.717, 1.165) is 40.7 Å². The Labute approximate surface area is 399 Å². The van der Waals surface area contributed by atoms with Gasteiger partial charge in [-0.15, -0.1) is 0 Å². The van der Waals surface area contributed by atoms with Crippen molar-refractivity contribution in [3.8, 4) is 16.9 Å². The highest BCUT2D eigenvalue weighted by atomic mass is 28.2. The van der Waals surface area contributed by atoms with E-state index in [4.69, 9.17) is 13.6 Å². The third-order valence-electron chi connectivity index (χ3n) is 12.4. The van der Waals surface area contributed by atoms with Crippen molar-refractivity contribution in [2.24, 2.45) is 5.41 Å². The van der Waals surface area contributed by atoms with Gasteiger partial charge in [-0.1, -0.05) is 80.6 Å². The molecule has 6 rings (SSSR count). The van der Waals surface area contributed by atoms with Crippen LogP contribution in [0, 0.1) is 5.41 Å². The minimum Gasteiger partial charge on any atom is -0.506 e. The number of likely N-dealkylation sites (tertiary alicyclic amines) is 1. The van der Waals surface area contributed by atoms with Gasteiger partial charge in [0.25, 0.3) is 0 Å². The molecule has 0 aliphatic carbocycles. The first kappa shape index (κ1) is 50.8. The summed E-state index contributed by atoms with van der Waals surface area (Å²) in [5.41, 5.74) is 4.96. The van der Waals surface area contributed by atoms with E-state index in [9.17, 15) is 24.3 Å². The summed E-state index contributed by atoms with van der Waals surface area (Å²) in [6, 6.07) is 32.1. The number of unbranched alkanes of at least 4 members (excludes halogenated alkanes) is 1. The van der Waals surface area contributed by atoms with Crippen LogP contribution in [0.4, 0.5) is 16.2 Å². The number of phenolic OH excluding ortho intramolecular Hbond substituents is 1. The fourth-order valence-corrected chi connectivity index (χ4v) is 9.77. The van der Waals surface area contributed by atoms with Gasteiger partial charge in [0.2, 0.25) is 36.9 Å². The average Bonchev–Trinajstić information content (AvgIpc) is 3.32. The lowest BCUT2D eigenvalue weighted by Gasteiger charge is -2.41. The monoisotopic (exact) mass is 944 g/mol. The standard InChI is InChI=1S/C51H64N6O8Si2/c1-51(2,49(64-66-4)65-67-5)42(40-22-24-44(58)48-41(40)23-25-46(60)55-48)34-52-33-35-18-20-37(21-19-35)53-45(59)17-11-12-29-56(3)47(61)28-32-57-30-26-38(27-31-57)63-50(62)54-43-16-10-9-15-39(43)36-13-7-6-8-14-36/h6-10,13-16,18-25,38,42,49,52,58H,11-12,17,26-34H2,1-5H3,(H,53,59)(H,54,62)(H,55,60)/t42-/m1/s1. The van der Waals surface area contributed by atoms with E-state index in [0.29, 0.717) is 81.6 Å². The number of aromatic hydroxyl groups is 1. The molecule has 1 fully saturated rings. The van der Waals surface area contributed by atoms with Crippen LogP contribution in [-0.2, 0) is 29.7 Å². The van der Waals surface area contributed by atoms with Crippen LogP contribution in [-0.4, -0.2) is 109 Å². The summed E-state index contributed by atoms with van der Waals surface area (Å²) in [6.45, 7) is 12.0. The minimum absolute atomic E-state index is 0.0110. The number of carbonyl (C=O) groups excluding carboxylic acids is 3. The number of ether oxygens (including phenoxy) is 1. The number of piperidine rings is 1. The second kappa shape index (κ2) is 24.9. The Hall–Kier alpha value is -5.63. The number of rotatable bonds is 23. The van der Waals surface area contributed by atoms with E-state index in [1.54, 1.807) is 17.0 Å². The largest absolute Gasteiger partial charge is 0.506 e. The molecule has 0 bridgehead atoms. The molecule has 14 nitrogen and oxygen atoms in total. The summed E-state index contributed by atoms with van der Waals surface area (Å²) in [4.78, 5) is 57.6. The number of fused-ring (bicyclic) bond motifs is 1. The highest BCUT2D eigenvalue weighted by Crippen LogP contribution is 2.43. The molecule has 354 valence electrons. The Morgan fingerprint density at radius 3 is 2.28 bits per heavy atom. The molecule has 16 heteroatoms. The second-order valence-corrected chi connectivity index (χ2v) is 18.8. The van der Waals surface area contributed by atoms with Crippen LogP contribution in [0.3, 0.4) is 0 Å². The summed E-state index contributed by atoms with van der Waals surface area (Å²) in [6.07, 6.45) is 2.42. The Kier molecular flexibility index (Phi) is 18.9. The van der Waals surface area contributed by atoms with Crippen LogP contribution in [0.1, 0.15) is 69.4 Å². The fraction of sp³-hybridized carbons (Fsp3) is 0.412. The van der Waals surface area contributed by atoms with Crippen molar-refractivity contribution in [2.75, 3.05) is 50.4 Å². The molecule has 1 aliphatic heterocycles. The van der Waals surface area contributed by atoms with Crippen molar-refractivity contribution in [1.82, 2.24) is 20.1 Å². The van der Waals surface area contributed by atoms with Gasteiger partial charge in [-0.05, 0) is 85.8 Å². The van der Waals surface area contributed by atoms with Crippen LogP contribution >= 0.6 is 0 Å². The second-order valence-electron chi connectivity index (χ2n) is 17.5. The molecule has 5 aromatic rings. The maximum Gasteiger partial charge on any atom is 0.411 e. The SMILES string of the molecule is C[Si]OC(O[Si]C)C(C)(C)[C@H](CNCc1ccc(NC(=O)CCCCN(C)C(=O)CCN2CCC(OC(=O)Nc3ccccc3-c3ccccc3)CC2)cc1)c1ccc(O)c2[nH]c(=O)ccc12. The summed E-state index contributed by atoms with van der Waals surface area (Å²) in [5, 5.41) is 20.9. The van der Waals surface area contributed by atoms with Gasteiger partial charge in [0.15, 0.2) is 0 Å². The molecule has 0 unspecified atom stereocenters. The van der Waals surface area contributed by atoms with E-state index in [-0.39, 0.29) is 54.7 Å². The molecule has 2 heterocycles. The third-order valence-corrected chi connectivity index (χ3v) is 13.3. The summed E-state index contributed by atoms with van der Waals surface area (Å²) in [5.74, 6) is -0.129. The van der Waals surface area contributed by atoms with Crippen LogP contribution < -0.4 is 21.5 Å². The van der Waals surface area contributed by atoms with Gasteiger partial charge < -0.3 is 44.1 Å². The number of amides is 3. The zero-order valence-electron chi connectivity index (χ0n) is 39.2. The van der Waals surface area contributed by atoms with Crippen LogP contribution in [0.5, 0.6) is 5.75 Å². The maximum atomic E-state index is 13.0. The molecular formula is C51H64N6O8Si2. The first-order valence-corrected chi connectivity index (χ1v) is 25.9. The Bertz CT molecular complexity index is 2440. The lowest BCUT2D eigenvalue weighted by molar-refractivity contribution is -0.130. The topological polar surface area (TPSA) is 175 Å². The highest BCUT2D eigenvalue weighted by Gasteiger charge is 2.40. The molecule has 5 N–H and O–H groups in total.